The number of hydrogen-bond donors (Lipinski definition) is 1. The first kappa shape index (κ1) is 13.2. The van der Waals surface area contributed by atoms with E-state index >= 15 is 0 Å². The van der Waals surface area contributed by atoms with Crippen LogP contribution < -0.4 is 0 Å². The highest BCUT2D eigenvalue weighted by Crippen LogP contribution is 2.20. The fourth-order valence-electron chi connectivity index (χ4n) is 1.98. The summed E-state index contributed by atoms with van der Waals surface area (Å²) < 4.78 is 12.8. The van der Waals surface area contributed by atoms with Crippen LogP contribution in [0.3, 0.4) is 0 Å². The summed E-state index contributed by atoms with van der Waals surface area (Å²) in [4.78, 5) is 0. The molecule has 1 atom stereocenters. The quantitative estimate of drug-likeness (QED) is 0.870. The molecular weight excluding hydrogens is 247 g/mol. The zero-order valence-corrected chi connectivity index (χ0v) is 11.2. The maximum Gasteiger partial charge on any atom is 0.123 e. The molecule has 1 unspecified atom stereocenters. The van der Waals surface area contributed by atoms with E-state index in [1.807, 2.05) is 12.3 Å². The van der Waals surface area contributed by atoms with E-state index < -0.39 is 5.60 Å². The van der Waals surface area contributed by atoms with Crippen molar-refractivity contribution in [3.05, 3.63) is 58.0 Å². The van der Waals surface area contributed by atoms with Crippen LogP contribution in [0.5, 0.6) is 0 Å². The summed E-state index contributed by atoms with van der Waals surface area (Å²) >= 11 is 1.67. The Morgan fingerprint density at radius 2 is 1.89 bits per heavy atom. The van der Waals surface area contributed by atoms with Crippen LogP contribution in [0.15, 0.2) is 41.1 Å². The lowest BCUT2D eigenvalue weighted by molar-refractivity contribution is 0.0516. The van der Waals surface area contributed by atoms with Crippen LogP contribution in [-0.4, -0.2) is 10.7 Å². The minimum atomic E-state index is -0.750. The van der Waals surface area contributed by atoms with Crippen LogP contribution in [0.2, 0.25) is 0 Å². The zero-order valence-electron chi connectivity index (χ0n) is 10.4. The molecule has 1 aromatic carbocycles. The minimum Gasteiger partial charge on any atom is -0.390 e. The van der Waals surface area contributed by atoms with E-state index in [1.54, 1.807) is 23.5 Å². The summed E-state index contributed by atoms with van der Waals surface area (Å²) in [5.41, 5.74) is 1.48. The summed E-state index contributed by atoms with van der Waals surface area (Å²) in [5, 5.41) is 14.5. The van der Waals surface area contributed by atoms with Crippen LogP contribution in [0.25, 0.3) is 0 Å². The molecule has 1 nitrogen and oxygen atoms in total. The van der Waals surface area contributed by atoms with Gasteiger partial charge < -0.3 is 5.11 Å². The van der Waals surface area contributed by atoms with E-state index in [0.717, 1.165) is 12.0 Å². The number of rotatable bonds is 5. The topological polar surface area (TPSA) is 20.2 Å². The number of aliphatic hydroxyl groups is 1. The van der Waals surface area contributed by atoms with E-state index in [9.17, 15) is 9.50 Å². The predicted octanol–water partition coefficient (Wildman–Crippen LogP) is 3.81. The summed E-state index contributed by atoms with van der Waals surface area (Å²) in [6.45, 7) is 1.84. The van der Waals surface area contributed by atoms with Crippen LogP contribution in [0.4, 0.5) is 4.39 Å². The Bertz CT molecular complexity index is 474. The van der Waals surface area contributed by atoms with Crippen molar-refractivity contribution in [2.24, 2.45) is 0 Å². The van der Waals surface area contributed by atoms with Crippen LogP contribution >= 0.6 is 11.3 Å². The maximum atomic E-state index is 12.8. The first-order chi connectivity index (χ1) is 8.55. The molecule has 0 amide bonds. The van der Waals surface area contributed by atoms with Gasteiger partial charge in [-0.15, -0.1) is 0 Å². The van der Waals surface area contributed by atoms with Gasteiger partial charge in [0.1, 0.15) is 5.82 Å². The molecule has 0 fully saturated rings. The molecule has 1 heterocycles. The molecule has 96 valence electrons. The smallest absolute Gasteiger partial charge is 0.123 e. The van der Waals surface area contributed by atoms with Crippen molar-refractivity contribution in [1.29, 1.82) is 0 Å². The largest absolute Gasteiger partial charge is 0.390 e. The van der Waals surface area contributed by atoms with Gasteiger partial charge in [-0.05, 0) is 59.9 Å². The molecule has 0 aliphatic carbocycles. The fraction of sp³-hybridized carbons (Fsp3) is 0.333. The van der Waals surface area contributed by atoms with E-state index in [2.05, 4.69) is 11.4 Å². The van der Waals surface area contributed by atoms with Gasteiger partial charge in [0.25, 0.3) is 0 Å². The maximum absolute atomic E-state index is 12.8. The van der Waals surface area contributed by atoms with Gasteiger partial charge in [0.2, 0.25) is 0 Å². The fourth-order valence-corrected chi connectivity index (χ4v) is 2.68. The first-order valence-electron chi connectivity index (χ1n) is 6.03. The number of hydrogen-bond acceptors (Lipinski definition) is 2. The highest BCUT2D eigenvalue weighted by molar-refractivity contribution is 7.07. The molecule has 0 aliphatic rings. The summed E-state index contributed by atoms with van der Waals surface area (Å²) in [6, 6.07) is 8.41. The Hall–Kier alpha value is -1.19. The van der Waals surface area contributed by atoms with Crippen molar-refractivity contribution < 1.29 is 9.50 Å². The summed E-state index contributed by atoms with van der Waals surface area (Å²) in [7, 11) is 0. The molecule has 1 aromatic heterocycles. The lowest BCUT2D eigenvalue weighted by Gasteiger charge is -2.23. The molecule has 0 aliphatic heterocycles. The highest BCUT2D eigenvalue weighted by atomic mass is 32.1. The second-order valence-corrected chi connectivity index (χ2v) is 5.71. The van der Waals surface area contributed by atoms with Crippen molar-refractivity contribution in [1.82, 2.24) is 0 Å². The number of halogens is 1. The molecule has 0 radical (unpaired) electrons. The molecule has 0 bridgehead atoms. The van der Waals surface area contributed by atoms with E-state index in [1.165, 1.54) is 17.7 Å². The molecule has 2 rings (SSSR count). The van der Waals surface area contributed by atoms with Crippen molar-refractivity contribution in [3.63, 3.8) is 0 Å². The summed E-state index contributed by atoms with van der Waals surface area (Å²) in [6.07, 6.45) is 2.14. The molecule has 2 aromatic rings. The van der Waals surface area contributed by atoms with E-state index in [4.69, 9.17) is 0 Å². The van der Waals surface area contributed by atoms with Gasteiger partial charge in [-0.25, -0.2) is 4.39 Å². The molecule has 0 saturated heterocycles. The molecule has 1 N–H and O–H groups in total. The monoisotopic (exact) mass is 264 g/mol. The number of aryl methyl sites for hydroxylation is 1. The molecular formula is C15H17FOS. The Kier molecular flexibility index (Phi) is 4.15. The lowest BCUT2D eigenvalue weighted by atomic mass is 9.91. The van der Waals surface area contributed by atoms with Gasteiger partial charge in [-0.1, -0.05) is 12.1 Å². The minimum absolute atomic E-state index is 0.239. The number of thiophene rings is 1. The average Bonchev–Trinajstić information content (AvgIpc) is 2.83. The van der Waals surface area contributed by atoms with E-state index in [0.29, 0.717) is 12.8 Å². The third-order valence-corrected chi connectivity index (χ3v) is 3.76. The van der Waals surface area contributed by atoms with Gasteiger partial charge in [0, 0.05) is 6.42 Å². The van der Waals surface area contributed by atoms with Crippen molar-refractivity contribution in [3.8, 4) is 0 Å². The first-order valence-corrected chi connectivity index (χ1v) is 6.97. The standard InChI is InChI=1S/C15H17FOS/c1-15(17,8-6-13-7-9-18-11-13)10-12-2-4-14(16)5-3-12/h2-5,7,9,11,17H,6,8,10H2,1H3. The van der Waals surface area contributed by atoms with Crippen molar-refractivity contribution >= 4 is 11.3 Å². The van der Waals surface area contributed by atoms with Crippen LogP contribution in [-0.2, 0) is 12.8 Å². The third kappa shape index (κ3) is 3.93. The Morgan fingerprint density at radius 3 is 2.50 bits per heavy atom. The third-order valence-electron chi connectivity index (χ3n) is 3.03. The number of benzene rings is 1. The summed E-state index contributed by atoms with van der Waals surface area (Å²) in [5.74, 6) is -0.239. The second-order valence-electron chi connectivity index (χ2n) is 4.93. The average molecular weight is 264 g/mol. The van der Waals surface area contributed by atoms with E-state index in [-0.39, 0.29) is 5.82 Å². The van der Waals surface area contributed by atoms with Gasteiger partial charge in [-0.3, -0.25) is 0 Å². The molecule has 3 heteroatoms. The van der Waals surface area contributed by atoms with Crippen LogP contribution in [0.1, 0.15) is 24.5 Å². The predicted molar refractivity (Wildman–Crippen MR) is 73.4 cm³/mol. The van der Waals surface area contributed by atoms with Gasteiger partial charge in [-0.2, -0.15) is 11.3 Å². The Morgan fingerprint density at radius 1 is 1.17 bits per heavy atom. The molecule has 18 heavy (non-hydrogen) atoms. The second kappa shape index (κ2) is 5.63. The Balaban J connectivity index is 1.92. The van der Waals surface area contributed by atoms with Gasteiger partial charge in [0.15, 0.2) is 0 Å². The van der Waals surface area contributed by atoms with Crippen molar-refractivity contribution in [2.75, 3.05) is 0 Å². The molecule has 0 saturated carbocycles. The van der Waals surface area contributed by atoms with Gasteiger partial charge in [0.05, 0.1) is 5.60 Å². The van der Waals surface area contributed by atoms with Crippen LogP contribution in [0, 0.1) is 5.82 Å². The van der Waals surface area contributed by atoms with Crippen molar-refractivity contribution in [2.45, 2.75) is 31.8 Å². The Labute approximate surface area is 111 Å². The highest BCUT2D eigenvalue weighted by Gasteiger charge is 2.20. The normalized spacial score (nSPS) is 14.4. The van der Waals surface area contributed by atoms with Gasteiger partial charge >= 0.3 is 0 Å². The molecule has 0 spiro atoms. The zero-order chi connectivity index (χ0) is 13.0. The SMILES string of the molecule is CC(O)(CCc1ccsc1)Cc1ccc(F)cc1. The lowest BCUT2D eigenvalue weighted by Crippen LogP contribution is -2.27.